The average molecular weight is 381 g/mol. The van der Waals surface area contributed by atoms with Crippen molar-refractivity contribution in [2.45, 2.75) is 6.54 Å². The first kappa shape index (κ1) is 17.2. The van der Waals surface area contributed by atoms with E-state index in [1.165, 1.54) is 0 Å². The molecule has 4 aromatic rings. The van der Waals surface area contributed by atoms with Gasteiger partial charge in [0.1, 0.15) is 5.82 Å². The van der Waals surface area contributed by atoms with Gasteiger partial charge in [0.05, 0.1) is 22.9 Å². The van der Waals surface area contributed by atoms with Crippen molar-refractivity contribution in [1.29, 1.82) is 0 Å². The number of nitrogens with one attached hydrogen (secondary N) is 1. The van der Waals surface area contributed by atoms with Crippen molar-refractivity contribution >= 4 is 46.1 Å². The van der Waals surface area contributed by atoms with Crippen molar-refractivity contribution in [1.82, 2.24) is 19.1 Å². The van der Waals surface area contributed by atoms with Gasteiger partial charge in [-0.15, -0.1) is 12.4 Å². The number of carbonyl (C=O) groups is 1. The van der Waals surface area contributed by atoms with Gasteiger partial charge in [0.25, 0.3) is 5.91 Å². The molecule has 0 bridgehead atoms. The second-order valence-electron chi connectivity index (χ2n) is 6.33. The van der Waals surface area contributed by atoms with Crippen LogP contribution in [0.15, 0.2) is 53.8 Å². The molecule has 0 radical (unpaired) electrons. The molecule has 0 aliphatic carbocycles. The second-order valence-corrected chi connectivity index (χ2v) is 6.33. The Morgan fingerprint density at radius 1 is 1.19 bits per heavy atom. The molecule has 0 saturated heterocycles. The average Bonchev–Trinajstić information content (AvgIpc) is 3.29. The van der Waals surface area contributed by atoms with E-state index in [4.69, 9.17) is 0 Å². The molecule has 0 fully saturated rings. The minimum absolute atomic E-state index is 0. The summed E-state index contributed by atoms with van der Waals surface area (Å²) in [6.07, 6.45) is 1.73. The topological polar surface area (TPSA) is 77.1 Å². The number of amides is 1. The molecule has 0 atom stereocenters. The molecule has 3 heterocycles. The molecular formula is C19H17ClN6O. The van der Waals surface area contributed by atoms with E-state index in [9.17, 15) is 4.79 Å². The summed E-state index contributed by atoms with van der Waals surface area (Å²) >= 11 is 0. The van der Waals surface area contributed by atoms with E-state index in [0.29, 0.717) is 11.2 Å². The number of nitrogens with zero attached hydrogens (tertiary/aromatic N) is 5. The molecule has 1 aliphatic rings. The lowest BCUT2D eigenvalue weighted by Gasteiger charge is -2.07. The fourth-order valence-corrected chi connectivity index (χ4v) is 3.38. The van der Waals surface area contributed by atoms with Crippen LogP contribution in [0.1, 0.15) is 10.4 Å². The summed E-state index contributed by atoms with van der Waals surface area (Å²) in [6.45, 7) is 1.53. The number of carbonyl (C=O) groups excluding carboxylic acids is 1. The van der Waals surface area contributed by atoms with Crippen LogP contribution in [-0.2, 0) is 13.6 Å². The molecule has 2 aromatic carbocycles. The number of aryl methyl sites for hydroxylation is 1. The van der Waals surface area contributed by atoms with Gasteiger partial charge in [0.15, 0.2) is 0 Å². The Morgan fingerprint density at radius 2 is 2.04 bits per heavy atom. The molecule has 1 N–H and O–H groups in total. The number of anilines is 1. The lowest BCUT2D eigenvalue weighted by molar-refractivity contribution is 0.0996. The Hall–Kier alpha value is -3.19. The van der Waals surface area contributed by atoms with Crippen LogP contribution in [0.2, 0.25) is 0 Å². The summed E-state index contributed by atoms with van der Waals surface area (Å²) in [5.74, 6) is 0.643. The van der Waals surface area contributed by atoms with Gasteiger partial charge < -0.3 is 9.88 Å². The second kappa shape index (κ2) is 6.51. The predicted octanol–water partition coefficient (Wildman–Crippen LogP) is 2.51. The summed E-state index contributed by atoms with van der Waals surface area (Å²) in [4.78, 5) is 25.9. The summed E-state index contributed by atoms with van der Waals surface area (Å²) in [7, 11) is 1.92. The van der Waals surface area contributed by atoms with Gasteiger partial charge in [-0.1, -0.05) is 12.1 Å². The maximum Gasteiger partial charge on any atom is 0.280 e. The fourth-order valence-electron chi connectivity index (χ4n) is 3.38. The number of benzene rings is 2. The Kier molecular flexibility index (Phi) is 4.16. The standard InChI is InChI=1S/C19H16N6O.ClH/c1-24-11-21-15-10-12(6-7-16(15)24)18(26)23-19-22-14-5-3-2-4-13(14)17-20-8-9-25(17)19;/h2-7,10-11,20H,8-9H2,1H3;1H. The highest BCUT2D eigenvalue weighted by molar-refractivity contribution is 5.98. The van der Waals surface area contributed by atoms with Crippen LogP contribution in [0.5, 0.6) is 0 Å². The highest BCUT2D eigenvalue weighted by Gasteiger charge is 2.16. The largest absolute Gasteiger partial charge is 0.369 e. The zero-order chi connectivity index (χ0) is 17.7. The number of rotatable bonds is 1. The van der Waals surface area contributed by atoms with E-state index >= 15 is 0 Å². The normalized spacial score (nSPS) is 13.4. The number of aromatic nitrogens is 4. The molecule has 0 spiro atoms. The number of hydrogen-bond donors (Lipinski definition) is 1. The fraction of sp³-hybridized carbons (Fsp3) is 0.158. The first-order valence-electron chi connectivity index (χ1n) is 8.44. The third-order valence-corrected chi connectivity index (χ3v) is 4.69. The quantitative estimate of drug-likeness (QED) is 0.550. The zero-order valence-corrected chi connectivity index (χ0v) is 15.4. The molecule has 1 amide bonds. The van der Waals surface area contributed by atoms with Crippen molar-refractivity contribution in [3.63, 3.8) is 0 Å². The third kappa shape index (κ3) is 2.76. The number of imidazole rings is 1. The Morgan fingerprint density at radius 3 is 2.93 bits per heavy atom. The first-order chi connectivity index (χ1) is 12.7. The SMILES string of the molecule is Cl.Cn1cnc2cc(C(=O)N=c3nc4ccccc4c4n3CCN4)ccc21. The van der Waals surface area contributed by atoms with E-state index in [1.807, 2.05) is 46.5 Å². The van der Waals surface area contributed by atoms with Crippen LogP contribution in [0.4, 0.5) is 5.82 Å². The molecule has 136 valence electrons. The van der Waals surface area contributed by atoms with E-state index in [-0.39, 0.29) is 18.3 Å². The van der Waals surface area contributed by atoms with Crippen molar-refractivity contribution in [3.8, 4) is 0 Å². The Labute approximate surface area is 160 Å². The van der Waals surface area contributed by atoms with Gasteiger partial charge in [-0.3, -0.25) is 9.36 Å². The smallest absolute Gasteiger partial charge is 0.280 e. The van der Waals surface area contributed by atoms with E-state index < -0.39 is 0 Å². The maximum atomic E-state index is 12.7. The maximum absolute atomic E-state index is 12.7. The van der Waals surface area contributed by atoms with Gasteiger partial charge in [-0.25, -0.2) is 9.97 Å². The number of hydrogen-bond acceptors (Lipinski definition) is 4. The summed E-state index contributed by atoms with van der Waals surface area (Å²) < 4.78 is 3.87. The molecule has 2 aromatic heterocycles. The van der Waals surface area contributed by atoms with Crippen molar-refractivity contribution in [2.24, 2.45) is 12.0 Å². The molecule has 0 unspecified atom stereocenters. The van der Waals surface area contributed by atoms with Crippen LogP contribution >= 0.6 is 12.4 Å². The lowest BCUT2D eigenvalue weighted by atomic mass is 10.2. The van der Waals surface area contributed by atoms with E-state index in [1.54, 1.807) is 18.5 Å². The highest BCUT2D eigenvalue weighted by Crippen LogP contribution is 2.22. The van der Waals surface area contributed by atoms with Crippen molar-refractivity contribution in [2.75, 3.05) is 11.9 Å². The summed E-state index contributed by atoms with van der Waals surface area (Å²) in [5, 5.41) is 4.40. The Bertz CT molecular complexity index is 1260. The number of para-hydroxylation sites is 1. The monoisotopic (exact) mass is 380 g/mol. The van der Waals surface area contributed by atoms with Crippen LogP contribution in [0.25, 0.3) is 21.9 Å². The van der Waals surface area contributed by atoms with Gasteiger partial charge in [0, 0.05) is 31.1 Å². The van der Waals surface area contributed by atoms with Gasteiger partial charge in [-0.05, 0) is 30.3 Å². The number of fused-ring (bicyclic) bond motifs is 4. The summed E-state index contributed by atoms with van der Waals surface area (Å²) in [5.41, 5.74) is 3.51. The minimum Gasteiger partial charge on any atom is -0.369 e. The molecule has 8 heteroatoms. The molecule has 7 nitrogen and oxygen atoms in total. The van der Waals surface area contributed by atoms with Gasteiger partial charge >= 0.3 is 0 Å². The lowest BCUT2D eigenvalue weighted by Crippen LogP contribution is -2.24. The molecular weight excluding hydrogens is 364 g/mol. The molecule has 0 saturated carbocycles. The van der Waals surface area contributed by atoms with Crippen LogP contribution in [0, 0.1) is 0 Å². The van der Waals surface area contributed by atoms with Gasteiger partial charge in [-0.2, -0.15) is 4.99 Å². The highest BCUT2D eigenvalue weighted by atomic mass is 35.5. The van der Waals surface area contributed by atoms with Crippen LogP contribution in [0.3, 0.4) is 0 Å². The Balaban J connectivity index is 0.00000180. The number of halogens is 1. The first-order valence-corrected chi connectivity index (χ1v) is 8.44. The van der Waals surface area contributed by atoms with E-state index in [0.717, 1.165) is 40.8 Å². The van der Waals surface area contributed by atoms with E-state index in [2.05, 4.69) is 20.3 Å². The van der Waals surface area contributed by atoms with Crippen molar-refractivity contribution in [3.05, 3.63) is 60.0 Å². The summed E-state index contributed by atoms with van der Waals surface area (Å²) in [6, 6.07) is 13.3. The molecule has 5 rings (SSSR count). The predicted molar refractivity (Wildman–Crippen MR) is 106 cm³/mol. The van der Waals surface area contributed by atoms with Crippen LogP contribution in [-0.4, -0.2) is 31.6 Å². The minimum atomic E-state index is -0.318. The van der Waals surface area contributed by atoms with Gasteiger partial charge in [0.2, 0.25) is 5.62 Å². The van der Waals surface area contributed by atoms with Crippen LogP contribution < -0.4 is 10.9 Å². The molecule has 27 heavy (non-hydrogen) atoms. The zero-order valence-electron chi connectivity index (χ0n) is 14.6. The molecule has 1 aliphatic heterocycles. The van der Waals surface area contributed by atoms with Crippen molar-refractivity contribution < 1.29 is 4.79 Å². The third-order valence-electron chi connectivity index (χ3n) is 4.69.